The molecule has 2 aliphatic rings. The predicted molar refractivity (Wildman–Crippen MR) is 180 cm³/mol. The van der Waals surface area contributed by atoms with Crippen molar-refractivity contribution >= 4 is 39.0 Å². The van der Waals surface area contributed by atoms with E-state index in [1.165, 1.54) is 28.6 Å². The highest BCUT2D eigenvalue weighted by Gasteiger charge is 2.40. The maximum atomic E-state index is 14.4. The summed E-state index contributed by atoms with van der Waals surface area (Å²) >= 11 is 6.21. The number of hydrogen-bond acceptors (Lipinski definition) is 7. The molecule has 0 amide bonds. The highest BCUT2D eigenvalue weighted by atomic mass is 35.5. The van der Waals surface area contributed by atoms with Gasteiger partial charge in [0, 0.05) is 55.4 Å². The van der Waals surface area contributed by atoms with Crippen LogP contribution in [0.5, 0.6) is 0 Å². The number of Topliss-reactive ketones (excluding diaryl/α,β-unsaturated/α-hetero) is 1. The van der Waals surface area contributed by atoms with Crippen molar-refractivity contribution < 1.29 is 30.8 Å². The molecule has 0 saturated carbocycles. The first-order valence-corrected chi connectivity index (χ1v) is 17.7. The lowest BCUT2D eigenvalue weighted by molar-refractivity contribution is -0.137. The van der Waals surface area contributed by atoms with E-state index in [1.807, 2.05) is 9.80 Å². The molecule has 4 aromatic rings. The van der Waals surface area contributed by atoms with Crippen molar-refractivity contribution in [3.63, 3.8) is 0 Å². The molecule has 0 aliphatic carbocycles. The maximum Gasteiger partial charge on any atom is 0.416 e. The lowest BCUT2D eigenvalue weighted by Crippen LogP contribution is -2.47. The third-order valence-corrected chi connectivity index (χ3v) is 11.5. The fourth-order valence-electron chi connectivity index (χ4n) is 6.35. The topological polar surface area (TPSA) is 86.7 Å². The molecule has 2 saturated heterocycles. The summed E-state index contributed by atoms with van der Waals surface area (Å²) in [6, 6.07) is 16.7. The minimum Gasteiger partial charge on any atom is -0.366 e. The number of anilines is 2. The first-order chi connectivity index (χ1) is 23.3. The van der Waals surface area contributed by atoms with E-state index in [-0.39, 0.29) is 35.9 Å². The van der Waals surface area contributed by atoms with Crippen molar-refractivity contribution in [3.05, 3.63) is 100 Å². The summed E-state index contributed by atoms with van der Waals surface area (Å²) in [6.07, 6.45) is -3.42. The molecule has 3 heterocycles. The number of carbonyl (C=O) groups excluding carboxylic acids is 1. The Morgan fingerprint density at radius 2 is 1.61 bits per heavy atom. The van der Waals surface area contributed by atoms with Crippen LogP contribution in [0.1, 0.15) is 36.1 Å². The van der Waals surface area contributed by atoms with Gasteiger partial charge in [0.15, 0.2) is 5.78 Å². The number of halogens is 5. The average molecular weight is 716 g/mol. The van der Waals surface area contributed by atoms with Crippen LogP contribution in [0, 0.1) is 12.7 Å². The van der Waals surface area contributed by atoms with Crippen molar-refractivity contribution in [2.75, 3.05) is 42.5 Å². The van der Waals surface area contributed by atoms with Gasteiger partial charge in [0.05, 0.1) is 27.9 Å². The molecule has 0 unspecified atom stereocenters. The van der Waals surface area contributed by atoms with Gasteiger partial charge in [0.2, 0.25) is 16.0 Å². The summed E-state index contributed by atoms with van der Waals surface area (Å²) in [5.41, 5.74) is 1.45. The molecule has 2 fully saturated rings. The number of ketones is 1. The molecule has 0 bridgehead atoms. The number of carbonyl (C=O) groups is 1. The van der Waals surface area contributed by atoms with Gasteiger partial charge in [0.1, 0.15) is 5.82 Å². The number of alkyl halides is 3. The molecule has 8 nitrogen and oxygen atoms in total. The van der Waals surface area contributed by atoms with Crippen molar-refractivity contribution in [1.82, 2.24) is 14.3 Å². The Labute approximate surface area is 287 Å². The van der Waals surface area contributed by atoms with Crippen molar-refractivity contribution in [2.45, 2.75) is 49.7 Å². The van der Waals surface area contributed by atoms with Gasteiger partial charge in [0.25, 0.3) is 0 Å². The van der Waals surface area contributed by atoms with Crippen LogP contribution in [-0.4, -0.2) is 67.2 Å². The third-order valence-electron chi connectivity index (χ3n) is 9.04. The normalized spacial score (nSPS) is 17.5. The van der Waals surface area contributed by atoms with Crippen LogP contribution in [0.2, 0.25) is 5.02 Å². The molecule has 0 N–H and O–H groups in total. The number of rotatable bonds is 9. The minimum absolute atomic E-state index is 0.00478. The van der Waals surface area contributed by atoms with Gasteiger partial charge in [-0.25, -0.2) is 22.8 Å². The van der Waals surface area contributed by atoms with Crippen LogP contribution < -0.4 is 9.80 Å². The van der Waals surface area contributed by atoms with E-state index in [0.717, 1.165) is 12.1 Å². The first-order valence-electron chi connectivity index (χ1n) is 15.9. The van der Waals surface area contributed by atoms with Crippen LogP contribution >= 0.6 is 11.6 Å². The van der Waals surface area contributed by atoms with Crippen molar-refractivity contribution in [3.8, 4) is 11.3 Å². The number of nitrogens with zero attached hydrogens (tertiary/aromatic N) is 5. The third kappa shape index (κ3) is 7.43. The van der Waals surface area contributed by atoms with E-state index in [1.54, 1.807) is 43.3 Å². The zero-order valence-electron chi connectivity index (χ0n) is 26.6. The summed E-state index contributed by atoms with van der Waals surface area (Å²) in [4.78, 5) is 26.9. The van der Waals surface area contributed by atoms with Crippen molar-refractivity contribution in [1.29, 1.82) is 0 Å². The van der Waals surface area contributed by atoms with E-state index in [9.17, 15) is 30.8 Å². The number of aromatic nitrogens is 2. The zero-order valence-corrected chi connectivity index (χ0v) is 28.2. The Kier molecular flexibility index (Phi) is 9.97. The molecule has 2 aliphatic heterocycles. The van der Waals surface area contributed by atoms with Crippen molar-refractivity contribution in [2.24, 2.45) is 0 Å². The summed E-state index contributed by atoms with van der Waals surface area (Å²) in [5.74, 6) is -0.232. The van der Waals surface area contributed by atoms with Gasteiger partial charge < -0.3 is 9.80 Å². The molecule has 1 aromatic heterocycles. The van der Waals surface area contributed by atoms with Gasteiger partial charge in [-0.05, 0) is 74.2 Å². The molecule has 0 radical (unpaired) electrons. The SMILES string of the molecule is Cc1c(Cl)cccc1S(=O)(=O)N1CCC[C@H]1C(=O)CCc1cc(-c2ccc(C(F)(F)F)cc2)nc(N2CCN(c3ccccc3F)CC2)n1. The second kappa shape index (κ2) is 14.0. The van der Waals surface area contributed by atoms with Crippen LogP contribution in [0.4, 0.5) is 29.2 Å². The van der Waals surface area contributed by atoms with Gasteiger partial charge >= 0.3 is 6.18 Å². The lowest BCUT2D eigenvalue weighted by atomic mass is 10.0. The molecule has 3 aromatic carbocycles. The minimum atomic E-state index is -4.49. The Bertz CT molecular complexity index is 1950. The van der Waals surface area contributed by atoms with E-state index in [4.69, 9.17) is 21.6 Å². The Balaban J connectivity index is 1.23. The molecular weight excluding hydrogens is 682 g/mol. The Morgan fingerprint density at radius 1 is 0.918 bits per heavy atom. The van der Waals surface area contributed by atoms with E-state index in [0.29, 0.717) is 78.2 Å². The van der Waals surface area contributed by atoms with E-state index in [2.05, 4.69) is 0 Å². The Hall–Kier alpha value is -4.07. The second-order valence-electron chi connectivity index (χ2n) is 12.1. The fraction of sp³-hybridized carbons (Fsp3) is 0.343. The molecule has 49 heavy (non-hydrogen) atoms. The molecule has 258 valence electrons. The van der Waals surface area contributed by atoms with Crippen LogP contribution in [-0.2, 0) is 27.4 Å². The number of hydrogen-bond donors (Lipinski definition) is 0. The number of aryl methyl sites for hydroxylation is 1. The summed E-state index contributed by atoms with van der Waals surface area (Å²) in [5, 5.41) is 0.320. The average Bonchev–Trinajstić information content (AvgIpc) is 3.60. The summed E-state index contributed by atoms with van der Waals surface area (Å²) < 4.78 is 82.8. The van der Waals surface area contributed by atoms with Gasteiger partial charge in [-0.15, -0.1) is 0 Å². The highest BCUT2D eigenvalue weighted by Crippen LogP contribution is 2.33. The maximum absolute atomic E-state index is 14.4. The van der Waals surface area contributed by atoms with Gasteiger partial charge in [-0.1, -0.05) is 41.9 Å². The number of piperazine rings is 1. The number of para-hydroxylation sites is 1. The van der Waals surface area contributed by atoms with Crippen LogP contribution in [0.25, 0.3) is 11.3 Å². The van der Waals surface area contributed by atoms with Gasteiger partial charge in [-0.3, -0.25) is 4.79 Å². The standard InChI is InChI=1S/C35H34ClF4N5O3S/c1-23-27(36)6-4-10-33(23)49(47,48)45-17-5-9-31(45)32(46)16-15-26-22-29(24-11-13-25(14-12-24)35(38,39)40)42-34(41-26)44-20-18-43(19-21-44)30-8-3-2-7-28(30)37/h2-4,6-8,10-14,22,31H,5,9,15-21H2,1H3/t31-/m0/s1. The molecular formula is C35H34ClF4N5O3S. The quantitative estimate of drug-likeness (QED) is 0.174. The van der Waals surface area contributed by atoms with Crippen LogP contribution in [0.15, 0.2) is 77.7 Å². The monoisotopic (exact) mass is 715 g/mol. The molecule has 0 spiro atoms. The lowest BCUT2D eigenvalue weighted by Gasteiger charge is -2.36. The Morgan fingerprint density at radius 3 is 2.31 bits per heavy atom. The fourth-order valence-corrected chi connectivity index (χ4v) is 8.51. The molecule has 1 atom stereocenters. The largest absolute Gasteiger partial charge is 0.416 e. The molecule has 14 heteroatoms. The first kappa shape index (κ1) is 34.8. The summed E-state index contributed by atoms with van der Waals surface area (Å²) in [7, 11) is -3.99. The molecule has 6 rings (SSSR count). The van der Waals surface area contributed by atoms with Gasteiger partial charge in [-0.2, -0.15) is 17.5 Å². The second-order valence-corrected chi connectivity index (χ2v) is 14.4. The number of benzene rings is 3. The summed E-state index contributed by atoms with van der Waals surface area (Å²) in [6.45, 7) is 3.73. The smallest absolute Gasteiger partial charge is 0.366 e. The van der Waals surface area contributed by atoms with E-state index < -0.39 is 27.8 Å². The predicted octanol–water partition coefficient (Wildman–Crippen LogP) is 6.94. The highest BCUT2D eigenvalue weighted by molar-refractivity contribution is 7.89. The zero-order chi connectivity index (χ0) is 34.9. The number of sulfonamides is 1. The van der Waals surface area contributed by atoms with E-state index >= 15 is 0 Å². The van der Waals surface area contributed by atoms with Crippen LogP contribution in [0.3, 0.4) is 0 Å².